The summed E-state index contributed by atoms with van der Waals surface area (Å²) in [6, 6.07) is 1.29. The SMILES string of the molecule is CC(CCN(C)C)NC1CCOC2(CCCC2)C1. The number of hydrogen-bond acceptors (Lipinski definition) is 3. The molecule has 0 aromatic heterocycles. The molecule has 2 aliphatic rings. The van der Waals surface area contributed by atoms with Crippen molar-refractivity contribution in [1.29, 1.82) is 0 Å². The summed E-state index contributed by atoms with van der Waals surface area (Å²) in [5.74, 6) is 0. The van der Waals surface area contributed by atoms with E-state index in [-0.39, 0.29) is 5.60 Å². The fourth-order valence-electron chi connectivity index (χ4n) is 3.48. The minimum Gasteiger partial charge on any atom is -0.375 e. The van der Waals surface area contributed by atoms with Crippen molar-refractivity contribution in [2.45, 2.75) is 69.6 Å². The summed E-state index contributed by atoms with van der Waals surface area (Å²) < 4.78 is 6.09. The van der Waals surface area contributed by atoms with E-state index in [4.69, 9.17) is 4.74 Å². The lowest BCUT2D eigenvalue weighted by Crippen LogP contribution is -2.48. The van der Waals surface area contributed by atoms with Crippen molar-refractivity contribution in [3.8, 4) is 0 Å². The summed E-state index contributed by atoms with van der Waals surface area (Å²) in [6.45, 7) is 4.45. The lowest BCUT2D eigenvalue weighted by molar-refractivity contribution is -0.0846. The molecule has 0 amide bonds. The quantitative estimate of drug-likeness (QED) is 0.815. The predicted octanol–water partition coefficient (Wildman–Crippen LogP) is 2.41. The minimum absolute atomic E-state index is 0.247. The Morgan fingerprint density at radius 3 is 2.72 bits per heavy atom. The molecule has 0 aromatic rings. The summed E-state index contributed by atoms with van der Waals surface area (Å²) in [7, 11) is 4.30. The van der Waals surface area contributed by atoms with Crippen LogP contribution in [0.1, 0.15) is 51.9 Å². The molecule has 2 atom stereocenters. The molecule has 2 rings (SSSR count). The van der Waals surface area contributed by atoms with E-state index >= 15 is 0 Å². The molecule has 2 fully saturated rings. The van der Waals surface area contributed by atoms with Crippen LogP contribution in [-0.2, 0) is 4.74 Å². The van der Waals surface area contributed by atoms with Crippen molar-refractivity contribution in [3.63, 3.8) is 0 Å². The Morgan fingerprint density at radius 1 is 1.33 bits per heavy atom. The second-order valence-electron chi connectivity index (χ2n) is 6.59. The molecule has 2 unspecified atom stereocenters. The third-order valence-corrected chi connectivity index (χ3v) is 4.54. The number of ether oxygens (including phenoxy) is 1. The van der Waals surface area contributed by atoms with Crippen molar-refractivity contribution in [3.05, 3.63) is 0 Å². The second kappa shape index (κ2) is 6.36. The van der Waals surface area contributed by atoms with E-state index in [9.17, 15) is 0 Å². The molecular formula is C15H30N2O. The van der Waals surface area contributed by atoms with Crippen molar-refractivity contribution >= 4 is 0 Å². The summed E-state index contributed by atoms with van der Waals surface area (Å²) in [4.78, 5) is 2.26. The zero-order valence-corrected chi connectivity index (χ0v) is 12.4. The molecule has 1 saturated carbocycles. The number of nitrogens with one attached hydrogen (secondary N) is 1. The third kappa shape index (κ3) is 3.94. The molecule has 0 bridgehead atoms. The first-order valence-corrected chi connectivity index (χ1v) is 7.64. The molecule has 18 heavy (non-hydrogen) atoms. The van der Waals surface area contributed by atoms with Crippen molar-refractivity contribution in [2.75, 3.05) is 27.2 Å². The molecule has 0 aromatic carbocycles. The Balaban J connectivity index is 1.75. The summed E-state index contributed by atoms with van der Waals surface area (Å²) in [5, 5.41) is 3.82. The van der Waals surface area contributed by atoms with Gasteiger partial charge in [0.15, 0.2) is 0 Å². The van der Waals surface area contributed by atoms with Crippen LogP contribution < -0.4 is 5.32 Å². The zero-order valence-electron chi connectivity index (χ0n) is 12.4. The first-order chi connectivity index (χ1) is 8.60. The van der Waals surface area contributed by atoms with Crippen LogP contribution >= 0.6 is 0 Å². The van der Waals surface area contributed by atoms with Crippen molar-refractivity contribution in [1.82, 2.24) is 10.2 Å². The molecule has 3 heteroatoms. The van der Waals surface area contributed by atoms with E-state index in [1.807, 2.05) is 0 Å². The molecule has 1 aliphatic heterocycles. The number of hydrogen-bond donors (Lipinski definition) is 1. The standard InChI is InChI=1S/C15H30N2O/c1-13(6-10-17(2)3)16-14-7-11-18-15(12-14)8-4-5-9-15/h13-14,16H,4-12H2,1-3H3. The van der Waals surface area contributed by atoms with Crippen LogP contribution in [0.25, 0.3) is 0 Å². The van der Waals surface area contributed by atoms with E-state index in [1.165, 1.54) is 51.5 Å². The maximum Gasteiger partial charge on any atom is 0.0697 e. The number of rotatable bonds is 5. The Labute approximate surface area is 112 Å². The van der Waals surface area contributed by atoms with Gasteiger partial charge in [0, 0.05) is 18.7 Å². The number of nitrogens with zero attached hydrogens (tertiary/aromatic N) is 1. The monoisotopic (exact) mass is 254 g/mol. The molecule has 1 aliphatic carbocycles. The van der Waals surface area contributed by atoms with Crippen molar-refractivity contribution < 1.29 is 4.74 Å². The highest BCUT2D eigenvalue weighted by Crippen LogP contribution is 2.40. The van der Waals surface area contributed by atoms with E-state index in [1.54, 1.807) is 0 Å². The Kier molecular flexibility index (Phi) is 5.05. The van der Waals surface area contributed by atoms with Gasteiger partial charge >= 0.3 is 0 Å². The van der Waals surface area contributed by atoms with Gasteiger partial charge in [-0.3, -0.25) is 0 Å². The van der Waals surface area contributed by atoms with Gasteiger partial charge in [0.2, 0.25) is 0 Å². The molecule has 1 spiro atoms. The van der Waals surface area contributed by atoms with Gasteiger partial charge < -0.3 is 15.0 Å². The van der Waals surface area contributed by atoms with E-state index in [0.717, 1.165) is 6.61 Å². The largest absolute Gasteiger partial charge is 0.375 e. The van der Waals surface area contributed by atoms with Gasteiger partial charge in [0.25, 0.3) is 0 Å². The Hall–Kier alpha value is -0.120. The summed E-state index contributed by atoms with van der Waals surface area (Å²) in [5.41, 5.74) is 0.247. The van der Waals surface area contributed by atoms with Gasteiger partial charge in [-0.2, -0.15) is 0 Å². The van der Waals surface area contributed by atoms with Crippen molar-refractivity contribution in [2.24, 2.45) is 0 Å². The average Bonchev–Trinajstić information content (AvgIpc) is 2.75. The molecular weight excluding hydrogens is 224 g/mol. The van der Waals surface area contributed by atoms with Crippen LogP contribution in [0.3, 0.4) is 0 Å². The second-order valence-corrected chi connectivity index (χ2v) is 6.59. The van der Waals surface area contributed by atoms with Gasteiger partial charge in [-0.1, -0.05) is 12.8 Å². The lowest BCUT2D eigenvalue weighted by atomic mass is 9.88. The Bertz CT molecular complexity index is 249. The maximum absolute atomic E-state index is 6.09. The zero-order chi connectivity index (χ0) is 13.0. The highest BCUT2D eigenvalue weighted by molar-refractivity contribution is 4.94. The average molecular weight is 254 g/mol. The van der Waals surface area contributed by atoms with Crippen LogP contribution in [0.4, 0.5) is 0 Å². The van der Waals surface area contributed by atoms with Gasteiger partial charge in [0.1, 0.15) is 0 Å². The van der Waals surface area contributed by atoms with Gasteiger partial charge in [0.05, 0.1) is 5.60 Å². The van der Waals surface area contributed by atoms with E-state index in [0.29, 0.717) is 12.1 Å². The fourth-order valence-corrected chi connectivity index (χ4v) is 3.48. The highest BCUT2D eigenvalue weighted by Gasteiger charge is 2.39. The smallest absolute Gasteiger partial charge is 0.0697 e. The molecule has 1 N–H and O–H groups in total. The molecule has 1 heterocycles. The maximum atomic E-state index is 6.09. The highest BCUT2D eigenvalue weighted by atomic mass is 16.5. The summed E-state index contributed by atoms with van der Waals surface area (Å²) >= 11 is 0. The fraction of sp³-hybridized carbons (Fsp3) is 1.00. The van der Waals surface area contributed by atoms with Crippen LogP contribution in [-0.4, -0.2) is 49.8 Å². The van der Waals surface area contributed by atoms with E-state index < -0.39 is 0 Å². The normalized spacial score (nSPS) is 29.0. The van der Waals surface area contributed by atoms with E-state index in [2.05, 4.69) is 31.2 Å². The molecule has 1 saturated heterocycles. The third-order valence-electron chi connectivity index (χ3n) is 4.54. The molecule has 106 valence electrons. The minimum atomic E-state index is 0.247. The lowest BCUT2D eigenvalue weighted by Gasteiger charge is -2.39. The first-order valence-electron chi connectivity index (χ1n) is 7.64. The Morgan fingerprint density at radius 2 is 2.06 bits per heavy atom. The van der Waals surface area contributed by atoms with Gasteiger partial charge in [-0.05, 0) is 59.7 Å². The van der Waals surface area contributed by atoms with Gasteiger partial charge in [-0.15, -0.1) is 0 Å². The van der Waals surface area contributed by atoms with Gasteiger partial charge in [-0.25, -0.2) is 0 Å². The van der Waals surface area contributed by atoms with Crippen LogP contribution in [0.15, 0.2) is 0 Å². The summed E-state index contributed by atoms with van der Waals surface area (Å²) in [6.07, 6.45) is 8.96. The van der Waals surface area contributed by atoms with Crippen LogP contribution in [0, 0.1) is 0 Å². The topological polar surface area (TPSA) is 24.5 Å². The molecule has 0 radical (unpaired) electrons. The van der Waals surface area contributed by atoms with Crippen LogP contribution in [0.5, 0.6) is 0 Å². The predicted molar refractivity (Wildman–Crippen MR) is 75.9 cm³/mol. The first kappa shape index (κ1) is 14.3. The molecule has 3 nitrogen and oxygen atoms in total. The van der Waals surface area contributed by atoms with Crippen LogP contribution in [0.2, 0.25) is 0 Å².